The second-order valence-corrected chi connectivity index (χ2v) is 9.07. The first kappa shape index (κ1) is 22.1. The average Bonchev–Trinajstić information content (AvgIpc) is 2.59. The molecule has 6 heteroatoms. The Labute approximate surface area is 168 Å². The lowest BCUT2D eigenvalue weighted by molar-refractivity contribution is -0.121. The molecule has 28 heavy (non-hydrogen) atoms. The van der Waals surface area contributed by atoms with Crippen LogP contribution in [-0.2, 0) is 21.2 Å². The molecule has 0 bridgehead atoms. The lowest BCUT2D eigenvalue weighted by Crippen LogP contribution is -2.36. The van der Waals surface area contributed by atoms with Crippen LogP contribution >= 0.6 is 0 Å². The summed E-state index contributed by atoms with van der Waals surface area (Å²) in [6, 6.07) is 13.9. The van der Waals surface area contributed by atoms with Crippen molar-refractivity contribution in [2.45, 2.75) is 57.9 Å². The minimum Gasteiger partial charge on any atom is -0.354 e. The minimum atomic E-state index is -3.64. The number of nitrogens with one attached hydrogen (secondary N) is 2. The molecule has 1 atom stereocenters. The number of benzene rings is 2. The van der Waals surface area contributed by atoms with E-state index in [9.17, 15) is 13.2 Å². The highest BCUT2D eigenvalue weighted by Crippen LogP contribution is 2.21. The van der Waals surface area contributed by atoms with Crippen LogP contribution in [0.25, 0.3) is 0 Å². The molecule has 5 nitrogen and oxygen atoms in total. The van der Waals surface area contributed by atoms with Crippen LogP contribution < -0.4 is 10.0 Å². The topological polar surface area (TPSA) is 75.3 Å². The predicted molar refractivity (Wildman–Crippen MR) is 113 cm³/mol. The molecule has 0 radical (unpaired) electrons. The van der Waals surface area contributed by atoms with Gasteiger partial charge in [0, 0.05) is 19.0 Å². The summed E-state index contributed by atoms with van der Waals surface area (Å²) in [6.45, 7) is 7.55. The maximum absolute atomic E-state index is 12.6. The molecule has 0 fully saturated rings. The Morgan fingerprint density at radius 3 is 2.25 bits per heavy atom. The van der Waals surface area contributed by atoms with Gasteiger partial charge in [-0.2, -0.15) is 0 Å². The lowest BCUT2D eigenvalue weighted by Gasteiger charge is -2.15. The Bertz CT molecular complexity index is 886. The van der Waals surface area contributed by atoms with Crippen LogP contribution in [0.5, 0.6) is 0 Å². The van der Waals surface area contributed by atoms with Crippen molar-refractivity contribution in [2.24, 2.45) is 0 Å². The second kappa shape index (κ2) is 9.85. The van der Waals surface area contributed by atoms with Crippen molar-refractivity contribution in [2.75, 3.05) is 6.54 Å². The molecule has 0 aliphatic heterocycles. The van der Waals surface area contributed by atoms with Gasteiger partial charge in [-0.25, -0.2) is 13.1 Å². The summed E-state index contributed by atoms with van der Waals surface area (Å²) in [5.74, 6) is -0.152. The number of amides is 1. The van der Waals surface area contributed by atoms with Gasteiger partial charge >= 0.3 is 0 Å². The summed E-state index contributed by atoms with van der Waals surface area (Å²) < 4.78 is 27.8. The maximum Gasteiger partial charge on any atom is 0.241 e. The van der Waals surface area contributed by atoms with Crippen LogP contribution in [-0.4, -0.2) is 26.9 Å². The molecule has 2 rings (SSSR count). The Kier molecular flexibility index (Phi) is 7.78. The zero-order chi connectivity index (χ0) is 20.7. The lowest BCUT2D eigenvalue weighted by atomic mass is 10.1. The van der Waals surface area contributed by atoms with E-state index in [0.29, 0.717) is 16.0 Å². The molecule has 1 amide bonds. The van der Waals surface area contributed by atoms with Gasteiger partial charge in [0.05, 0.1) is 4.90 Å². The monoisotopic (exact) mass is 402 g/mol. The highest BCUT2D eigenvalue weighted by molar-refractivity contribution is 7.89. The summed E-state index contributed by atoms with van der Waals surface area (Å²) in [5.41, 5.74) is 3.69. The van der Waals surface area contributed by atoms with Crippen LogP contribution in [0.1, 0.15) is 42.0 Å². The predicted octanol–water partition coefficient (Wildman–Crippen LogP) is 3.42. The first-order valence-electron chi connectivity index (χ1n) is 9.60. The number of hydrogen-bond acceptors (Lipinski definition) is 3. The van der Waals surface area contributed by atoms with E-state index in [1.54, 1.807) is 13.8 Å². The third-order valence-corrected chi connectivity index (χ3v) is 6.40. The summed E-state index contributed by atoms with van der Waals surface area (Å²) in [4.78, 5) is 12.4. The van der Waals surface area contributed by atoms with Crippen molar-refractivity contribution in [1.29, 1.82) is 0 Å². The standard InChI is InChI=1S/C22H30N2O3S/c1-16-14-17(2)22(18(3)15-16)28(26,27)23-13-12-21(25)24-19(4)10-11-20-8-6-5-7-9-20/h5-9,14-15,19,23H,10-13H2,1-4H3,(H,24,25). The van der Waals surface area contributed by atoms with Gasteiger partial charge < -0.3 is 5.32 Å². The van der Waals surface area contributed by atoms with E-state index in [2.05, 4.69) is 22.2 Å². The van der Waals surface area contributed by atoms with Crippen LogP contribution in [0.15, 0.2) is 47.4 Å². The molecule has 0 aliphatic carbocycles. The maximum atomic E-state index is 12.6. The number of hydrogen-bond donors (Lipinski definition) is 2. The van der Waals surface area contributed by atoms with E-state index in [1.165, 1.54) is 5.56 Å². The minimum absolute atomic E-state index is 0.0332. The van der Waals surface area contributed by atoms with Gasteiger partial charge in [-0.3, -0.25) is 4.79 Å². The van der Waals surface area contributed by atoms with E-state index in [1.807, 2.05) is 44.2 Å². The zero-order valence-corrected chi connectivity index (χ0v) is 17.9. The number of aryl methyl sites for hydroxylation is 4. The SMILES string of the molecule is Cc1cc(C)c(S(=O)(=O)NCCC(=O)NC(C)CCc2ccccc2)c(C)c1. The van der Waals surface area contributed by atoms with Crippen molar-refractivity contribution < 1.29 is 13.2 Å². The molecule has 0 aromatic heterocycles. The largest absolute Gasteiger partial charge is 0.354 e. The molecule has 0 aliphatic rings. The van der Waals surface area contributed by atoms with Crippen LogP contribution in [0, 0.1) is 20.8 Å². The molecule has 0 spiro atoms. The normalized spacial score (nSPS) is 12.6. The first-order chi connectivity index (χ1) is 13.2. The van der Waals surface area contributed by atoms with E-state index >= 15 is 0 Å². The van der Waals surface area contributed by atoms with Crippen LogP contribution in [0.2, 0.25) is 0 Å². The Morgan fingerprint density at radius 1 is 1.04 bits per heavy atom. The smallest absolute Gasteiger partial charge is 0.241 e. The second-order valence-electron chi connectivity index (χ2n) is 7.37. The van der Waals surface area contributed by atoms with Crippen molar-refractivity contribution in [3.63, 3.8) is 0 Å². The number of carbonyl (C=O) groups is 1. The summed E-state index contributed by atoms with van der Waals surface area (Å²) in [6.07, 6.45) is 1.84. The number of sulfonamides is 1. The van der Waals surface area contributed by atoms with Crippen LogP contribution in [0.4, 0.5) is 0 Å². The molecule has 0 saturated carbocycles. The Balaban J connectivity index is 1.81. The fraction of sp³-hybridized carbons (Fsp3) is 0.409. The van der Waals surface area contributed by atoms with Crippen LogP contribution in [0.3, 0.4) is 0 Å². The molecule has 0 heterocycles. The molecule has 2 aromatic rings. The summed E-state index contributed by atoms with van der Waals surface area (Å²) >= 11 is 0. The Hall–Kier alpha value is -2.18. The van der Waals surface area contributed by atoms with Gasteiger partial charge in [-0.15, -0.1) is 0 Å². The first-order valence-corrected chi connectivity index (χ1v) is 11.1. The molecule has 1 unspecified atom stereocenters. The quantitative estimate of drug-likeness (QED) is 0.675. The molecular weight excluding hydrogens is 372 g/mol. The van der Waals surface area contributed by atoms with E-state index in [4.69, 9.17) is 0 Å². The molecule has 2 aromatic carbocycles. The molecule has 152 valence electrons. The highest BCUT2D eigenvalue weighted by Gasteiger charge is 2.20. The van der Waals surface area contributed by atoms with Gasteiger partial charge in [0.1, 0.15) is 0 Å². The summed E-state index contributed by atoms with van der Waals surface area (Å²) in [5, 5.41) is 2.93. The average molecular weight is 403 g/mol. The van der Waals surface area contributed by atoms with Gasteiger partial charge in [0.25, 0.3) is 0 Å². The van der Waals surface area contributed by atoms with E-state index < -0.39 is 10.0 Å². The fourth-order valence-corrected chi connectivity index (χ4v) is 4.89. The highest BCUT2D eigenvalue weighted by atomic mass is 32.2. The third kappa shape index (κ3) is 6.46. The van der Waals surface area contributed by atoms with Crippen molar-refractivity contribution >= 4 is 15.9 Å². The van der Waals surface area contributed by atoms with Gasteiger partial charge in [-0.05, 0) is 57.2 Å². The van der Waals surface area contributed by atoms with E-state index in [0.717, 1.165) is 18.4 Å². The number of rotatable bonds is 9. The molecule has 0 saturated heterocycles. The fourth-order valence-electron chi connectivity index (χ4n) is 3.41. The van der Waals surface area contributed by atoms with Crippen molar-refractivity contribution in [3.05, 3.63) is 64.7 Å². The zero-order valence-electron chi connectivity index (χ0n) is 17.1. The van der Waals surface area contributed by atoms with Gasteiger partial charge in [-0.1, -0.05) is 48.0 Å². The van der Waals surface area contributed by atoms with Gasteiger partial charge in [0.15, 0.2) is 0 Å². The van der Waals surface area contributed by atoms with Crippen molar-refractivity contribution in [3.8, 4) is 0 Å². The van der Waals surface area contributed by atoms with Gasteiger partial charge in [0.2, 0.25) is 15.9 Å². The molecule has 2 N–H and O–H groups in total. The summed E-state index contributed by atoms with van der Waals surface area (Å²) in [7, 11) is -3.64. The van der Waals surface area contributed by atoms with E-state index in [-0.39, 0.29) is 24.9 Å². The third-order valence-electron chi connectivity index (χ3n) is 4.63. The van der Waals surface area contributed by atoms with Crippen molar-refractivity contribution in [1.82, 2.24) is 10.0 Å². The number of carbonyl (C=O) groups excluding carboxylic acids is 1. The Morgan fingerprint density at radius 2 is 1.64 bits per heavy atom. The molecular formula is C22H30N2O3S.